The molecule has 1 fully saturated rings. The Hall–Kier alpha value is -0.130. The van der Waals surface area contributed by atoms with Crippen molar-refractivity contribution in [2.24, 2.45) is 17.0 Å². The van der Waals surface area contributed by atoms with Gasteiger partial charge in [0, 0.05) is 6.61 Å². The van der Waals surface area contributed by atoms with Crippen LogP contribution in [0.5, 0.6) is 0 Å². The molecule has 4 nitrogen and oxygen atoms in total. The first kappa shape index (κ1) is 15.9. The Labute approximate surface area is 111 Å². The zero-order valence-corrected chi connectivity index (χ0v) is 12.4. The molecule has 1 rings (SSSR count). The van der Waals surface area contributed by atoms with E-state index in [9.17, 15) is 8.42 Å². The molecule has 0 saturated heterocycles. The third-order valence-electron chi connectivity index (χ3n) is 3.56. The van der Waals surface area contributed by atoms with E-state index in [4.69, 9.17) is 9.88 Å². The van der Waals surface area contributed by atoms with Crippen molar-refractivity contribution in [2.45, 2.75) is 58.5 Å². The minimum absolute atomic E-state index is 0.0878. The second-order valence-corrected chi connectivity index (χ2v) is 7.57. The molecule has 0 amide bonds. The number of hydrogen-bond donors (Lipinski definition) is 1. The predicted octanol–water partition coefficient (Wildman–Crippen LogP) is 2.29. The molecule has 1 aliphatic carbocycles. The number of sulfonamides is 1. The fourth-order valence-corrected chi connectivity index (χ4v) is 3.45. The van der Waals surface area contributed by atoms with Crippen LogP contribution >= 0.6 is 0 Å². The van der Waals surface area contributed by atoms with E-state index in [1.54, 1.807) is 0 Å². The molecule has 0 spiro atoms. The van der Waals surface area contributed by atoms with Crippen molar-refractivity contribution in [1.29, 1.82) is 0 Å². The highest BCUT2D eigenvalue weighted by Gasteiger charge is 2.24. The average molecular weight is 277 g/mol. The van der Waals surface area contributed by atoms with Crippen molar-refractivity contribution < 1.29 is 13.2 Å². The van der Waals surface area contributed by atoms with E-state index in [2.05, 4.69) is 13.8 Å². The molecule has 0 aromatic carbocycles. The first-order valence-electron chi connectivity index (χ1n) is 6.99. The molecule has 0 heterocycles. The van der Waals surface area contributed by atoms with E-state index in [0.29, 0.717) is 12.5 Å². The Kier molecular flexibility index (Phi) is 6.60. The first-order chi connectivity index (χ1) is 8.37. The van der Waals surface area contributed by atoms with E-state index >= 15 is 0 Å². The highest BCUT2D eigenvalue weighted by molar-refractivity contribution is 7.89. The summed E-state index contributed by atoms with van der Waals surface area (Å²) in [6, 6.07) is 0. The van der Waals surface area contributed by atoms with Gasteiger partial charge in [-0.2, -0.15) is 0 Å². The summed E-state index contributed by atoms with van der Waals surface area (Å²) in [5.74, 6) is 1.62. The Morgan fingerprint density at radius 2 is 1.67 bits per heavy atom. The summed E-state index contributed by atoms with van der Waals surface area (Å²) in [6.45, 7) is 5.32. The van der Waals surface area contributed by atoms with Gasteiger partial charge in [-0.1, -0.05) is 20.3 Å². The maximum atomic E-state index is 10.7. The van der Waals surface area contributed by atoms with Gasteiger partial charge in [0.05, 0.1) is 11.9 Å². The van der Waals surface area contributed by atoms with Crippen LogP contribution in [0.1, 0.15) is 52.4 Å². The van der Waals surface area contributed by atoms with Crippen LogP contribution in [0.15, 0.2) is 0 Å². The van der Waals surface area contributed by atoms with Crippen molar-refractivity contribution in [3.63, 3.8) is 0 Å². The van der Waals surface area contributed by atoms with E-state index in [0.717, 1.165) is 31.3 Å². The lowest BCUT2D eigenvalue weighted by atomic mass is 9.82. The van der Waals surface area contributed by atoms with Gasteiger partial charge in [0.25, 0.3) is 0 Å². The quantitative estimate of drug-likeness (QED) is 0.726. The number of rotatable bonds is 7. The van der Waals surface area contributed by atoms with E-state index in [1.807, 2.05) is 0 Å². The number of hydrogen-bond acceptors (Lipinski definition) is 3. The van der Waals surface area contributed by atoms with Crippen LogP contribution < -0.4 is 5.14 Å². The molecule has 0 radical (unpaired) electrons. The summed E-state index contributed by atoms with van der Waals surface area (Å²) < 4.78 is 27.3. The monoisotopic (exact) mass is 277 g/mol. The van der Waals surface area contributed by atoms with Crippen LogP contribution in [-0.2, 0) is 14.8 Å². The van der Waals surface area contributed by atoms with Crippen LogP contribution in [0.3, 0.4) is 0 Å². The zero-order chi connectivity index (χ0) is 13.6. The molecule has 1 aliphatic rings. The summed E-state index contributed by atoms with van der Waals surface area (Å²) in [6.07, 6.45) is 6.49. The lowest BCUT2D eigenvalue weighted by Crippen LogP contribution is -2.26. The largest absolute Gasteiger partial charge is 0.378 e. The lowest BCUT2D eigenvalue weighted by Gasteiger charge is -2.31. The van der Waals surface area contributed by atoms with Crippen molar-refractivity contribution >= 4 is 10.0 Å². The van der Waals surface area contributed by atoms with E-state index < -0.39 is 10.0 Å². The van der Waals surface area contributed by atoms with Crippen molar-refractivity contribution in [3.05, 3.63) is 0 Å². The minimum Gasteiger partial charge on any atom is -0.378 e. The summed E-state index contributed by atoms with van der Waals surface area (Å²) in [4.78, 5) is 0. The highest BCUT2D eigenvalue weighted by atomic mass is 32.2. The molecule has 0 aliphatic heterocycles. The standard InChI is InChI=1S/C13H27NO3S/c1-11-8-12(2)10-13(9-11)17-6-4-3-5-7-18(14,15)16/h11-13H,3-10H2,1-2H3,(H2,14,15,16). The molecule has 2 unspecified atom stereocenters. The fourth-order valence-electron chi connectivity index (χ4n) is 2.84. The molecule has 5 heteroatoms. The van der Waals surface area contributed by atoms with Gasteiger partial charge < -0.3 is 4.74 Å². The fraction of sp³-hybridized carbons (Fsp3) is 1.00. The van der Waals surface area contributed by atoms with Crippen LogP contribution in [0, 0.1) is 11.8 Å². The minimum atomic E-state index is -3.29. The molecule has 2 atom stereocenters. The Bertz CT molecular complexity index is 319. The summed E-state index contributed by atoms with van der Waals surface area (Å²) in [7, 11) is -3.29. The molecule has 0 bridgehead atoms. The predicted molar refractivity (Wildman–Crippen MR) is 73.7 cm³/mol. The SMILES string of the molecule is CC1CC(C)CC(OCCCCCS(N)(=O)=O)C1. The molecule has 18 heavy (non-hydrogen) atoms. The molecule has 0 aromatic rings. The summed E-state index contributed by atoms with van der Waals surface area (Å²) in [5.41, 5.74) is 0. The Balaban J connectivity index is 2.04. The van der Waals surface area contributed by atoms with Gasteiger partial charge in [-0.15, -0.1) is 0 Å². The zero-order valence-electron chi connectivity index (χ0n) is 11.6. The molecular weight excluding hydrogens is 250 g/mol. The summed E-state index contributed by atoms with van der Waals surface area (Å²) in [5, 5.41) is 4.94. The molecule has 2 N–H and O–H groups in total. The number of unbranched alkanes of at least 4 members (excludes halogenated alkanes) is 2. The normalized spacial score (nSPS) is 29.4. The van der Waals surface area contributed by atoms with Gasteiger partial charge in [0.15, 0.2) is 0 Å². The smallest absolute Gasteiger partial charge is 0.209 e. The van der Waals surface area contributed by atoms with Gasteiger partial charge in [-0.25, -0.2) is 13.6 Å². The van der Waals surface area contributed by atoms with E-state index in [-0.39, 0.29) is 5.75 Å². The molecular formula is C13H27NO3S. The van der Waals surface area contributed by atoms with Crippen LogP contribution in [0.4, 0.5) is 0 Å². The van der Waals surface area contributed by atoms with Crippen LogP contribution in [-0.4, -0.2) is 26.9 Å². The van der Waals surface area contributed by atoms with Gasteiger partial charge in [-0.05, 0) is 43.9 Å². The Morgan fingerprint density at radius 1 is 1.06 bits per heavy atom. The lowest BCUT2D eigenvalue weighted by molar-refractivity contribution is -0.000495. The van der Waals surface area contributed by atoms with Gasteiger partial charge in [0.1, 0.15) is 0 Å². The summed E-state index contributed by atoms with van der Waals surface area (Å²) >= 11 is 0. The van der Waals surface area contributed by atoms with Crippen LogP contribution in [0.25, 0.3) is 0 Å². The first-order valence-corrected chi connectivity index (χ1v) is 8.70. The maximum absolute atomic E-state index is 10.7. The second kappa shape index (κ2) is 7.46. The Morgan fingerprint density at radius 3 is 2.22 bits per heavy atom. The van der Waals surface area contributed by atoms with Crippen molar-refractivity contribution in [3.8, 4) is 0 Å². The van der Waals surface area contributed by atoms with Gasteiger partial charge in [0.2, 0.25) is 10.0 Å². The van der Waals surface area contributed by atoms with Gasteiger partial charge >= 0.3 is 0 Å². The average Bonchev–Trinajstić information content (AvgIpc) is 2.20. The topological polar surface area (TPSA) is 69.4 Å². The third-order valence-corrected chi connectivity index (χ3v) is 4.42. The molecule has 0 aromatic heterocycles. The maximum Gasteiger partial charge on any atom is 0.209 e. The van der Waals surface area contributed by atoms with Gasteiger partial charge in [-0.3, -0.25) is 0 Å². The second-order valence-electron chi connectivity index (χ2n) is 5.84. The molecule has 1 saturated carbocycles. The molecule has 108 valence electrons. The number of ether oxygens (including phenoxy) is 1. The van der Waals surface area contributed by atoms with E-state index in [1.165, 1.54) is 19.3 Å². The van der Waals surface area contributed by atoms with Crippen molar-refractivity contribution in [2.75, 3.05) is 12.4 Å². The van der Waals surface area contributed by atoms with Crippen molar-refractivity contribution in [1.82, 2.24) is 0 Å². The third kappa shape index (κ3) is 7.34. The highest BCUT2D eigenvalue weighted by Crippen LogP contribution is 2.30. The number of primary sulfonamides is 1. The number of nitrogens with two attached hydrogens (primary N) is 1. The van der Waals surface area contributed by atoms with Crippen LogP contribution in [0.2, 0.25) is 0 Å².